The molecule has 0 atom stereocenters. The second kappa shape index (κ2) is 4.28. The number of pyridine rings is 1. The molecule has 3 nitrogen and oxygen atoms in total. The summed E-state index contributed by atoms with van der Waals surface area (Å²) in [4.78, 5) is 11.3. The van der Waals surface area contributed by atoms with Crippen LogP contribution in [-0.4, -0.2) is 4.57 Å². The zero-order valence-corrected chi connectivity index (χ0v) is 8.02. The van der Waals surface area contributed by atoms with Gasteiger partial charge in [0.1, 0.15) is 0 Å². The Kier molecular flexibility index (Phi) is 4.00. The maximum absolute atomic E-state index is 11.3. The fraction of sp³-hybridized carbons (Fsp3) is 0.375. The standard InChI is InChI=1S/C8H12N2O.ClH/c1-6-3-4-10(2)8(11)7(6)5-9;/h3-4H,5,9H2,1-2H3;1H. The van der Waals surface area contributed by atoms with Crippen LogP contribution in [0.15, 0.2) is 17.1 Å². The van der Waals surface area contributed by atoms with E-state index in [1.54, 1.807) is 13.2 Å². The Morgan fingerprint density at radius 3 is 2.58 bits per heavy atom. The number of aryl methyl sites for hydroxylation is 2. The van der Waals surface area contributed by atoms with Gasteiger partial charge in [0, 0.05) is 25.4 Å². The van der Waals surface area contributed by atoms with Gasteiger partial charge in [-0.2, -0.15) is 0 Å². The molecule has 0 saturated heterocycles. The molecule has 4 heteroatoms. The normalized spacial score (nSPS) is 9.25. The number of aromatic nitrogens is 1. The summed E-state index contributed by atoms with van der Waals surface area (Å²) in [5, 5.41) is 0. The highest BCUT2D eigenvalue weighted by molar-refractivity contribution is 5.85. The van der Waals surface area contributed by atoms with Gasteiger partial charge in [-0.1, -0.05) is 0 Å². The second-order valence-corrected chi connectivity index (χ2v) is 2.60. The third-order valence-corrected chi connectivity index (χ3v) is 1.81. The van der Waals surface area contributed by atoms with E-state index in [9.17, 15) is 4.79 Å². The van der Waals surface area contributed by atoms with Crippen LogP contribution in [0.1, 0.15) is 11.1 Å². The quantitative estimate of drug-likeness (QED) is 0.701. The van der Waals surface area contributed by atoms with Gasteiger partial charge in [-0.05, 0) is 18.6 Å². The largest absolute Gasteiger partial charge is 0.326 e. The van der Waals surface area contributed by atoms with Crippen molar-refractivity contribution in [2.24, 2.45) is 12.8 Å². The van der Waals surface area contributed by atoms with Crippen molar-refractivity contribution in [2.45, 2.75) is 13.5 Å². The number of hydrogen-bond acceptors (Lipinski definition) is 2. The molecule has 0 aliphatic heterocycles. The summed E-state index contributed by atoms with van der Waals surface area (Å²) in [6, 6.07) is 1.89. The fourth-order valence-electron chi connectivity index (χ4n) is 1.02. The summed E-state index contributed by atoms with van der Waals surface area (Å²) in [6.45, 7) is 2.21. The average molecular weight is 189 g/mol. The molecule has 1 heterocycles. The number of hydrogen-bond donors (Lipinski definition) is 1. The van der Waals surface area contributed by atoms with Crippen molar-refractivity contribution in [1.82, 2.24) is 4.57 Å². The zero-order valence-electron chi connectivity index (χ0n) is 7.20. The molecule has 1 aromatic heterocycles. The molecule has 0 bridgehead atoms. The van der Waals surface area contributed by atoms with Gasteiger partial charge >= 0.3 is 0 Å². The van der Waals surface area contributed by atoms with Crippen LogP contribution in [0.3, 0.4) is 0 Å². The van der Waals surface area contributed by atoms with Crippen LogP contribution < -0.4 is 11.3 Å². The molecule has 12 heavy (non-hydrogen) atoms. The van der Waals surface area contributed by atoms with E-state index in [4.69, 9.17) is 5.73 Å². The number of rotatable bonds is 1. The second-order valence-electron chi connectivity index (χ2n) is 2.60. The lowest BCUT2D eigenvalue weighted by Crippen LogP contribution is -2.23. The van der Waals surface area contributed by atoms with Gasteiger partial charge in [-0.25, -0.2) is 0 Å². The van der Waals surface area contributed by atoms with Gasteiger partial charge in [0.05, 0.1) is 0 Å². The van der Waals surface area contributed by atoms with E-state index in [1.165, 1.54) is 4.57 Å². The van der Waals surface area contributed by atoms with Crippen molar-refractivity contribution in [2.75, 3.05) is 0 Å². The van der Waals surface area contributed by atoms with Crippen molar-refractivity contribution in [3.05, 3.63) is 33.7 Å². The fourth-order valence-corrected chi connectivity index (χ4v) is 1.02. The lowest BCUT2D eigenvalue weighted by atomic mass is 10.1. The van der Waals surface area contributed by atoms with E-state index in [0.717, 1.165) is 5.56 Å². The third-order valence-electron chi connectivity index (χ3n) is 1.81. The Bertz CT molecular complexity index is 319. The average Bonchev–Trinajstić information content (AvgIpc) is 1.99. The number of nitrogens with zero attached hydrogens (tertiary/aromatic N) is 1. The van der Waals surface area contributed by atoms with Crippen LogP contribution in [0.5, 0.6) is 0 Å². The molecule has 0 amide bonds. The van der Waals surface area contributed by atoms with E-state index < -0.39 is 0 Å². The molecule has 0 fully saturated rings. The topological polar surface area (TPSA) is 48.0 Å². The van der Waals surface area contributed by atoms with Gasteiger partial charge in [0.25, 0.3) is 5.56 Å². The van der Waals surface area contributed by atoms with Crippen LogP contribution in [-0.2, 0) is 13.6 Å². The molecule has 68 valence electrons. The highest BCUT2D eigenvalue weighted by Gasteiger charge is 2.01. The monoisotopic (exact) mass is 188 g/mol. The molecule has 1 rings (SSSR count). The van der Waals surface area contributed by atoms with Crippen molar-refractivity contribution in [1.29, 1.82) is 0 Å². The Hall–Kier alpha value is -0.800. The summed E-state index contributed by atoms with van der Waals surface area (Å²) in [7, 11) is 1.72. The van der Waals surface area contributed by atoms with Crippen LogP contribution in [0.2, 0.25) is 0 Å². The van der Waals surface area contributed by atoms with Crippen LogP contribution in [0.4, 0.5) is 0 Å². The smallest absolute Gasteiger partial charge is 0.255 e. The maximum atomic E-state index is 11.3. The van der Waals surface area contributed by atoms with Crippen LogP contribution in [0, 0.1) is 6.92 Å². The summed E-state index contributed by atoms with van der Waals surface area (Å²) in [6.07, 6.45) is 1.75. The number of nitrogens with two attached hydrogens (primary N) is 1. The molecule has 2 N–H and O–H groups in total. The SMILES string of the molecule is Cc1ccn(C)c(=O)c1CN.Cl. The van der Waals surface area contributed by atoms with Crippen molar-refractivity contribution in [3.8, 4) is 0 Å². The van der Waals surface area contributed by atoms with Crippen LogP contribution >= 0.6 is 12.4 Å². The predicted octanol–water partition coefficient (Wildman–Crippen LogP) is 0.574. The number of halogens is 1. The summed E-state index contributed by atoms with van der Waals surface area (Å²) >= 11 is 0. The zero-order chi connectivity index (χ0) is 8.43. The summed E-state index contributed by atoms with van der Waals surface area (Å²) in [5.74, 6) is 0. The summed E-state index contributed by atoms with van der Waals surface area (Å²) < 4.78 is 1.54. The lowest BCUT2D eigenvalue weighted by Gasteiger charge is -2.03. The Balaban J connectivity index is 0.00000121. The molecule has 0 aromatic carbocycles. The van der Waals surface area contributed by atoms with Gasteiger partial charge in [0.2, 0.25) is 0 Å². The van der Waals surface area contributed by atoms with Crippen LogP contribution in [0.25, 0.3) is 0 Å². The molecule has 0 aliphatic rings. The third kappa shape index (κ3) is 1.87. The first-order valence-electron chi connectivity index (χ1n) is 3.52. The van der Waals surface area contributed by atoms with Gasteiger partial charge < -0.3 is 10.3 Å². The Labute approximate surface area is 77.6 Å². The van der Waals surface area contributed by atoms with Crippen molar-refractivity contribution < 1.29 is 0 Å². The highest BCUT2D eigenvalue weighted by Crippen LogP contribution is 1.98. The Morgan fingerprint density at radius 1 is 1.58 bits per heavy atom. The van der Waals surface area contributed by atoms with E-state index in [-0.39, 0.29) is 18.0 Å². The van der Waals surface area contributed by atoms with Gasteiger partial charge in [-0.15, -0.1) is 12.4 Å². The minimum atomic E-state index is 0. The molecular formula is C8H13ClN2O. The molecular weight excluding hydrogens is 176 g/mol. The van der Waals surface area contributed by atoms with E-state index in [2.05, 4.69) is 0 Å². The molecule has 0 saturated carbocycles. The summed E-state index contributed by atoms with van der Waals surface area (Å²) in [5.41, 5.74) is 7.09. The molecule has 1 aromatic rings. The minimum absolute atomic E-state index is 0. The molecule has 0 unspecified atom stereocenters. The Morgan fingerprint density at radius 2 is 2.17 bits per heavy atom. The lowest BCUT2D eigenvalue weighted by molar-refractivity contribution is 0.822. The van der Waals surface area contributed by atoms with E-state index in [0.29, 0.717) is 12.1 Å². The first-order valence-corrected chi connectivity index (χ1v) is 3.52. The molecule has 0 aliphatic carbocycles. The molecule has 0 radical (unpaired) electrons. The minimum Gasteiger partial charge on any atom is -0.326 e. The van der Waals surface area contributed by atoms with Gasteiger partial charge in [-0.3, -0.25) is 4.79 Å². The maximum Gasteiger partial charge on any atom is 0.255 e. The molecule has 0 spiro atoms. The first-order chi connectivity index (χ1) is 5.16. The highest BCUT2D eigenvalue weighted by atomic mass is 35.5. The predicted molar refractivity (Wildman–Crippen MR) is 51.6 cm³/mol. The van der Waals surface area contributed by atoms with Crippen molar-refractivity contribution in [3.63, 3.8) is 0 Å². The van der Waals surface area contributed by atoms with E-state index in [1.807, 2.05) is 13.0 Å². The first kappa shape index (κ1) is 11.2. The van der Waals surface area contributed by atoms with E-state index >= 15 is 0 Å². The van der Waals surface area contributed by atoms with Crippen molar-refractivity contribution >= 4 is 12.4 Å². The van der Waals surface area contributed by atoms with Gasteiger partial charge in [0.15, 0.2) is 0 Å².